The van der Waals surface area contributed by atoms with Gasteiger partial charge in [-0.2, -0.15) is 5.10 Å². The Bertz CT molecular complexity index is 1100. The average Bonchev–Trinajstić information content (AvgIpc) is 3.29. The van der Waals surface area contributed by atoms with Gasteiger partial charge in [-0.3, -0.25) is 14.9 Å². The largest absolute Gasteiger partial charge is 0.349 e. The first-order valence-electron chi connectivity index (χ1n) is 8.27. The topological polar surface area (TPSA) is 83.6 Å². The lowest BCUT2D eigenvalue weighted by Gasteiger charge is -2.10. The minimum atomic E-state index is -0.0395. The highest BCUT2D eigenvalue weighted by atomic mass is 16.1. The molecule has 0 saturated heterocycles. The van der Waals surface area contributed by atoms with Gasteiger partial charge in [0.25, 0.3) is 5.91 Å². The molecular formula is C19H15N5O. The van der Waals surface area contributed by atoms with Gasteiger partial charge in [0.1, 0.15) is 0 Å². The van der Waals surface area contributed by atoms with Crippen LogP contribution < -0.4 is 5.32 Å². The number of carbonyl (C=O) groups is 1. The summed E-state index contributed by atoms with van der Waals surface area (Å²) in [5.74, 6) is -0.0395. The molecule has 2 N–H and O–H groups in total. The van der Waals surface area contributed by atoms with Crippen LogP contribution in [0.4, 0.5) is 0 Å². The molecule has 3 aromatic heterocycles. The smallest absolute Gasteiger partial charge is 0.251 e. The summed E-state index contributed by atoms with van der Waals surface area (Å²) in [6, 6.07) is 7.94. The molecule has 5 rings (SSSR count). The Morgan fingerprint density at radius 3 is 2.84 bits per heavy atom. The van der Waals surface area contributed by atoms with Crippen LogP contribution >= 0.6 is 0 Å². The predicted octanol–water partition coefficient (Wildman–Crippen LogP) is 3.07. The van der Waals surface area contributed by atoms with Crippen LogP contribution in [0.15, 0.2) is 49.1 Å². The first kappa shape index (κ1) is 14.1. The number of hydrogen-bond donors (Lipinski definition) is 2. The van der Waals surface area contributed by atoms with Gasteiger partial charge >= 0.3 is 0 Å². The maximum Gasteiger partial charge on any atom is 0.251 e. The van der Waals surface area contributed by atoms with Crippen molar-refractivity contribution in [1.29, 1.82) is 0 Å². The number of aromatic nitrogens is 4. The number of H-pyrrole nitrogens is 1. The number of nitrogens with zero attached hydrogens (tertiary/aromatic N) is 3. The first-order valence-corrected chi connectivity index (χ1v) is 8.27. The molecule has 0 aliphatic heterocycles. The van der Waals surface area contributed by atoms with Crippen molar-refractivity contribution in [1.82, 2.24) is 25.5 Å². The minimum absolute atomic E-state index is 0.0395. The zero-order chi connectivity index (χ0) is 16.8. The Balaban J connectivity index is 1.73. The van der Waals surface area contributed by atoms with E-state index in [-0.39, 0.29) is 5.91 Å². The van der Waals surface area contributed by atoms with Gasteiger partial charge in [0, 0.05) is 51.9 Å². The predicted molar refractivity (Wildman–Crippen MR) is 95.1 cm³/mol. The van der Waals surface area contributed by atoms with Gasteiger partial charge in [-0.1, -0.05) is 6.07 Å². The van der Waals surface area contributed by atoms with Gasteiger partial charge in [0.15, 0.2) is 0 Å². The highest BCUT2D eigenvalue weighted by Crippen LogP contribution is 2.31. The second kappa shape index (κ2) is 5.37. The number of amides is 1. The Hall–Kier alpha value is -3.28. The molecule has 1 aliphatic rings. The van der Waals surface area contributed by atoms with Crippen molar-refractivity contribution in [2.75, 3.05) is 0 Å². The van der Waals surface area contributed by atoms with Gasteiger partial charge < -0.3 is 5.32 Å². The normalized spacial score (nSPS) is 14.1. The Morgan fingerprint density at radius 1 is 1.12 bits per heavy atom. The zero-order valence-corrected chi connectivity index (χ0v) is 13.4. The lowest BCUT2D eigenvalue weighted by atomic mass is 10.0. The number of carbonyl (C=O) groups excluding carboxylic acids is 1. The van der Waals surface area contributed by atoms with Crippen molar-refractivity contribution in [3.8, 4) is 11.3 Å². The van der Waals surface area contributed by atoms with E-state index in [4.69, 9.17) is 4.98 Å². The van der Waals surface area contributed by atoms with Crippen molar-refractivity contribution in [3.63, 3.8) is 0 Å². The summed E-state index contributed by atoms with van der Waals surface area (Å²) in [5, 5.41) is 12.9. The molecule has 3 heterocycles. The molecule has 0 bridgehead atoms. The lowest BCUT2D eigenvalue weighted by molar-refractivity contribution is 0.0951. The molecule has 1 fully saturated rings. The fraction of sp³-hybridized carbons (Fsp3) is 0.158. The molecule has 6 heteroatoms. The monoisotopic (exact) mass is 329 g/mol. The number of fused-ring (bicyclic) bond motifs is 3. The molecule has 0 unspecified atom stereocenters. The van der Waals surface area contributed by atoms with E-state index in [0.29, 0.717) is 11.6 Å². The third kappa shape index (κ3) is 2.42. The number of benzene rings is 1. The first-order chi connectivity index (χ1) is 12.3. The number of aromatic amines is 1. The highest BCUT2D eigenvalue weighted by molar-refractivity contribution is 6.11. The van der Waals surface area contributed by atoms with Crippen molar-refractivity contribution >= 4 is 27.6 Å². The average molecular weight is 329 g/mol. The third-order valence-corrected chi connectivity index (χ3v) is 4.54. The van der Waals surface area contributed by atoms with E-state index in [1.54, 1.807) is 12.4 Å². The van der Waals surface area contributed by atoms with E-state index in [1.165, 1.54) is 0 Å². The van der Waals surface area contributed by atoms with Gasteiger partial charge in [0.2, 0.25) is 0 Å². The fourth-order valence-electron chi connectivity index (χ4n) is 3.09. The van der Waals surface area contributed by atoms with E-state index in [9.17, 15) is 4.79 Å². The second-order valence-electron chi connectivity index (χ2n) is 6.35. The standard InChI is InChI=1S/C19H15N5O/c25-19(23-13-2-3-13)11-1-4-14-16-10-20-6-5-15(16)18(24-17(14)7-11)12-8-21-22-9-12/h1,4-10,13H,2-3H2,(H,21,22)(H,23,25). The van der Waals surface area contributed by atoms with Crippen molar-refractivity contribution in [2.24, 2.45) is 0 Å². The van der Waals surface area contributed by atoms with Crippen molar-refractivity contribution < 1.29 is 4.79 Å². The highest BCUT2D eigenvalue weighted by Gasteiger charge is 2.24. The van der Waals surface area contributed by atoms with Crippen molar-refractivity contribution in [3.05, 3.63) is 54.6 Å². The molecule has 1 aliphatic carbocycles. The van der Waals surface area contributed by atoms with E-state index in [2.05, 4.69) is 20.5 Å². The Labute approximate surface area is 143 Å². The van der Waals surface area contributed by atoms with Crippen LogP contribution in [0, 0.1) is 0 Å². The van der Waals surface area contributed by atoms with E-state index in [1.807, 2.05) is 36.7 Å². The number of rotatable bonds is 3. The molecule has 0 radical (unpaired) electrons. The molecular weight excluding hydrogens is 314 g/mol. The van der Waals surface area contributed by atoms with Crippen LogP contribution in [0.5, 0.6) is 0 Å². The molecule has 25 heavy (non-hydrogen) atoms. The van der Waals surface area contributed by atoms with Gasteiger partial charge in [-0.15, -0.1) is 0 Å². The van der Waals surface area contributed by atoms with Crippen LogP contribution in [0.3, 0.4) is 0 Å². The molecule has 0 spiro atoms. The summed E-state index contributed by atoms with van der Waals surface area (Å²) in [6.45, 7) is 0. The molecule has 4 aromatic rings. The van der Waals surface area contributed by atoms with Crippen molar-refractivity contribution in [2.45, 2.75) is 18.9 Å². The van der Waals surface area contributed by atoms with Gasteiger partial charge in [-0.25, -0.2) is 4.98 Å². The Morgan fingerprint density at radius 2 is 2.04 bits per heavy atom. The number of hydrogen-bond acceptors (Lipinski definition) is 4. The maximum absolute atomic E-state index is 12.3. The Kier molecular flexibility index (Phi) is 3.03. The maximum atomic E-state index is 12.3. The minimum Gasteiger partial charge on any atom is -0.349 e. The molecule has 122 valence electrons. The summed E-state index contributed by atoms with van der Waals surface area (Å²) in [7, 11) is 0. The summed E-state index contributed by atoms with van der Waals surface area (Å²) in [4.78, 5) is 21.4. The molecule has 1 saturated carbocycles. The van der Waals surface area contributed by atoms with Crippen LogP contribution in [-0.4, -0.2) is 32.1 Å². The summed E-state index contributed by atoms with van der Waals surface area (Å²) in [5.41, 5.74) is 3.15. The zero-order valence-electron chi connectivity index (χ0n) is 13.4. The summed E-state index contributed by atoms with van der Waals surface area (Å²) in [6.07, 6.45) is 9.30. The number of pyridine rings is 2. The SMILES string of the molecule is O=C(NC1CC1)c1ccc2c(c1)nc(-c1cn[nH]c1)c1ccncc12. The van der Waals surface area contributed by atoms with Crippen LogP contribution in [0.1, 0.15) is 23.2 Å². The summed E-state index contributed by atoms with van der Waals surface area (Å²) < 4.78 is 0. The molecule has 1 aromatic carbocycles. The molecule has 6 nitrogen and oxygen atoms in total. The van der Waals surface area contributed by atoms with E-state index in [0.717, 1.165) is 45.8 Å². The number of nitrogens with one attached hydrogen (secondary N) is 2. The van der Waals surface area contributed by atoms with E-state index < -0.39 is 0 Å². The van der Waals surface area contributed by atoms with Crippen LogP contribution in [0.2, 0.25) is 0 Å². The fourth-order valence-corrected chi connectivity index (χ4v) is 3.09. The quantitative estimate of drug-likeness (QED) is 0.566. The third-order valence-electron chi connectivity index (χ3n) is 4.54. The second-order valence-corrected chi connectivity index (χ2v) is 6.35. The molecule has 1 amide bonds. The van der Waals surface area contributed by atoms with E-state index >= 15 is 0 Å². The van der Waals surface area contributed by atoms with Crippen LogP contribution in [-0.2, 0) is 0 Å². The summed E-state index contributed by atoms with van der Waals surface area (Å²) >= 11 is 0. The van der Waals surface area contributed by atoms with Crippen LogP contribution in [0.25, 0.3) is 32.9 Å². The van der Waals surface area contributed by atoms with Gasteiger partial charge in [0.05, 0.1) is 17.4 Å². The molecule has 0 atom stereocenters. The van der Waals surface area contributed by atoms with Gasteiger partial charge in [-0.05, 0) is 31.0 Å². The lowest BCUT2D eigenvalue weighted by Crippen LogP contribution is -2.25.